The van der Waals surface area contributed by atoms with E-state index in [1.807, 2.05) is 0 Å². The number of aldehydes is 1. The van der Waals surface area contributed by atoms with Gasteiger partial charge in [0.2, 0.25) is 0 Å². The van der Waals surface area contributed by atoms with E-state index in [2.05, 4.69) is 0 Å². The van der Waals surface area contributed by atoms with Gasteiger partial charge in [0.25, 0.3) is 5.69 Å². The van der Waals surface area contributed by atoms with E-state index in [-0.39, 0.29) is 22.7 Å². The molecule has 0 N–H and O–H groups in total. The number of rotatable bonds is 5. The molecule has 0 aromatic heterocycles. The molecule has 0 saturated carbocycles. The number of benzene rings is 1. The van der Waals surface area contributed by atoms with E-state index in [9.17, 15) is 14.9 Å². The largest absolute Gasteiger partial charge is 0.492 e. The zero-order chi connectivity index (χ0) is 12.1. The van der Waals surface area contributed by atoms with E-state index >= 15 is 0 Å². The first-order valence-corrected chi connectivity index (χ1v) is 4.58. The van der Waals surface area contributed by atoms with Crippen LogP contribution in [0.15, 0.2) is 12.1 Å². The minimum absolute atomic E-state index is 0.0974. The van der Waals surface area contributed by atoms with Gasteiger partial charge in [0.05, 0.1) is 30.3 Å². The van der Waals surface area contributed by atoms with E-state index < -0.39 is 4.92 Å². The van der Waals surface area contributed by atoms with Crippen LogP contribution in [-0.2, 0) is 0 Å². The predicted molar refractivity (Wildman–Crippen MR) is 56.2 cm³/mol. The van der Waals surface area contributed by atoms with Gasteiger partial charge in [-0.3, -0.25) is 14.9 Å². The lowest BCUT2D eigenvalue weighted by Gasteiger charge is -2.10. The molecule has 0 amide bonds. The van der Waals surface area contributed by atoms with Gasteiger partial charge in [-0.05, 0) is 6.92 Å². The summed E-state index contributed by atoms with van der Waals surface area (Å²) in [5.41, 5.74) is -0.105. The van der Waals surface area contributed by atoms with Crippen LogP contribution in [0.2, 0.25) is 0 Å². The number of nitro benzene ring substituents is 1. The topological polar surface area (TPSA) is 78.7 Å². The molecule has 0 atom stereocenters. The number of carbonyl (C=O) groups is 1. The summed E-state index contributed by atoms with van der Waals surface area (Å²) in [6.45, 7) is 2.06. The normalized spacial score (nSPS) is 9.62. The lowest BCUT2D eigenvalue weighted by atomic mass is 10.2. The first-order valence-electron chi connectivity index (χ1n) is 4.58. The molecule has 1 aromatic carbocycles. The summed E-state index contributed by atoms with van der Waals surface area (Å²) in [5.74, 6) is 0.406. The fourth-order valence-electron chi connectivity index (χ4n) is 1.28. The minimum Gasteiger partial charge on any atom is -0.492 e. The lowest BCUT2D eigenvalue weighted by Crippen LogP contribution is -2.00. The van der Waals surface area contributed by atoms with E-state index in [1.165, 1.54) is 13.2 Å². The monoisotopic (exact) mass is 225 g/mol. The van der Waals surface area contributed by atoms with Crippen molar-refractivity contribution in [3.05, 3.63) is 27.8 Å². The summed E-state index contributed by atoms with van der Waals surface area (Å²) in [6.07, 6.45) is 0.494. The van der Waals surface area contributed by atoms with Crippen LogP contribution in [0.5, 0.6) is 11.5 Å². The summed E-state index contributed by atoms with van der Waals surface area (Å²) in [5, 5.41) is 10.6. The Hall–Kier alpha value is -2.11. The molecule has 0 aliphatic heterocycles. The quantitative estimate of drug-likeness (QED) is 0.433. The number of hydrogen-bond donors (Lipinski definition) is 0. The van der Waals surface area contributed by atoms with Gasteiger partial charge in [-0.1, -0.05) is 0 Å². The highest BCUT2D eigenvalue weighted by Gasteiger charge is 2.17. The van der Waals surface area contributed by atoms with Crippen LogP contribution in [0.25, 0.3) is 0 Å². The van der Waals surface area contributed by atoms with Gasteiger partial charge in [-0.25, -0.2) is 0 Å². The Bertz CT molecular complexity index is 416. The molecule has 0 aliphatic carbocycles. The Morgan fingerprint density at radius 3 is 2.62 bits per heavy atom. The number of carbonyl (C=O) groups excluding carboxylic acids is 1. The van der Waals surface area contributed by atoms with Crippen molar-refractivity contribution in [3.63, 3.8) is 0 Å². The highest BCUT2D eigenvalue weighted by atomic mass is 16.6. The number of methoxy groups -OCH3 is 1. The molecule has 6 nitrogen and oxygen atoms in total. The fourth-order valence-corrected chi connectivity index (χ4v) is 1.28. The molecule has 1 aromatic rings. The second kappa shape index (κ2) is 5.11. The molecule has 0 fully saturated rings. The first-order chi connectivity index (χ1) is 7.63. The number of hydrogen-bond acceptors (Lipinski definition) is 5. The molecule has 0 spiro atoms. The summed E-state index contributed by atoms with van der Waals surface area (Å²) >= 11 is 0. The first kappa shape index (κ1) is 12.0. The second-order valence-electron chi connectivity index (χ2n) is 2.87. The number of nitrogens with zero attached hydrogens (tertiary/aromatic N) is 1. The van der Waals surface area contributed by atoms with E-state index in [0.29, 0.717) is 12.9 Å². The van der Waals surface area contributed by atoms with Crippen molar-refractivity contribution in [2.45, 2.75) is 6.92 Å². The number of ether oxygens (including phenoxy) is 2. The standard InChI is InChI=1S/C10H11NO5/c1-3-16-9-5-8(11(13)14)4-7(6-12)10(9)15-2/h4-6H,3H2,1-2H3. The smallest absolute Gasteiger partial charge is 0.274 e. The Morgan fingerprint density at radius 1 is 1.50 bits per heavy atom. The number of non-ortho nitro benzene ring substituents is 1. The minimum atomic E-state index is -0.588. The number of nitro groups is 1. The third-order valence-corrected chi connectivity index (χ3v) is 1.91. The SMILES string of the molecule is CCOc1cc([N+](=O)[O-])cc(C=O)c1OC. The fraction of sp³-hybridized carbons (Fsp3) is 0.300. The average Bonchev–Trinajstić information content (AvgIpc) is 2.28. The zero-order valence-electron chi connectivity index (χ0n) is 8.93. The van der Waals surface area contributed by atoms with Gasteiger partial charge in [0, 0.05) is 6.07 Å². The second-order valence-corrected chi connectivity index (χ2v) is 2.87. The Labute approximate surface area is 91.9 Å². The zero-order valence-corrected chi connectivity index (χ0v) is 8.93. The van der Waals surface area contributed by atoms with E-state index in [1.54, 1.807) is 6.92 Å². The van der Waals surface area contributed by atoms with E-state index in [4.69, 9.17) is 9.47 Å². The van der Waals surface area contributed by atoms with Gasteiger partial charge in [0.15, 0.2) is 17.8 Å². The molecule has 0 radical (unpaired) electrons. The average molecular weight is 225 g/mol. The molecule has 0 heterocycles. The Morgan fingerprint density at radius 2 is 2.19 bits per heavy atom. The van der Waals surface area contributed by atoms with Crippen LogP contribution in [0, 0.1) is 10.1 Å². The molecule has 16 heavy (non-hydrogen) atoms. The van der Waals surface area contributed by atoms with E-state index in [0.717, 1.165) is 6.07 Å². The van der Waals surface area contributed by atoms with Crippen molar-refractivity contribution in [1.82, 2.24) is 0 Å². The van der Waals surface area contributed by atoms with Gasteiger partial charge in [-0.2, -0.15) is 0 Å². The van der Waals surface area contributed by atoms with Crippen LogP contribution in [-0.4, -0.2) is 24.9 Å². The predicted octanol–water partition coefficient (Wildman–Crippen LogP) is 1.81. The van der Waals surface area contributed by atoms with Gasteiger partial charge in [-0.15, -0.1) is 0 Å². The maximum Gasteiger partial charge on any atom is 0.274 e. The van der Waals surface area contributed by atoms with Crippen molar-refractivity contribution in [3.8, 4) is 11.5 Å². The van der Waals surface area contributed by atoms with Crippen molar-refractivity contribution in [2.75, 3.05) is 13.7 Å². The molecule has 0 bridgehead atoms. The molecular weight excluding hydrogens is 214 g/mol. The molecule has 0 saturated heterocycles. The van der Waals surface area contributed by atoms with Crippen LogP contribution < -0.4 is 9.47 Å². The molecular formula is C10H11NO5. The van der Waals surface area contributed by atoms with Gasteiger partial charge in [0.1, 0.15) is 0 Å². The third-order valence-electron chi connectivity index (χ3n) is 1.91. The van der Waals surface area contributed by atoms with Crippen molar-refractivity contribution in [2.24, 2.45) is 0 Å². The maximum atomic E-state index is 10.8. The summed E-state index contributed by atoms with van der Waals surface area (Å²) < 4.78 is 10.1. The van der Waals surface area contributed by atoms with Crippen molar-refractivity contribution in [1.29, 1.82) is 0 Å². The highest BCUT2D eigenvalue weighted by Crippen LogP contribution is 2.34. The molecule has 1 rings (SSSR count). The van der Waals surface area contributed by atoms with Crippen LogP contribution >= 0.6 is 0 Å². The molecule has 0 aliphatic rings. The van der Waals surface area contributed by atoms with Gasteiger partial charge < -0.3 is 9.47 Å². The van der Waals surface area contributed by atoms with Crippen LogP contribution in [0.4, 0.5) is 5.69 Å². The van der Waals surface area contributed by atoms with Gasteiger partial charge >= 0.3 is 0 Å². The Kier molecular flexibility index (Phi) is 3.82. The maximum absolute atomic E-state index is 10.8. The summed E-state index contributed by atoms with van der Waals surface area (Å²) in [4.78, 5) is 20.8. The highest BCUT2D eigenvalue weighted by molar-refractivity contribution is 5.83. The summed E-state index contributed by atoms with van der Waals surface area (Å²) in [6, 6.07) is 2.38. The molecule has 0 unspecified atom stereocenters. The molecule has 6 heteroatoms. The van der Waals surface area contributed by atoms with Crippen molar-refractivity contribution < 1.29 is 19.2 Å². The van der Waals surface area contributed by atoms with Crippen molar-refractivity contribution >= 4 is 12.0 Å². The Balaban J connectivity index is 3.36. The van der Waals surface area contributed by atoms with Crippen LogP contribution in [0.1, 0.15) is 17.3 Å². The van der Waals surface area contributed by atoms with Crippen LogP contribution in [0.3, 0.4) is 0 Å². The lowest BCUT2D eigenvalue weighted by molar-refractivity contribution is -0.385. The summed E-state index contributed by atoms with van der Waals surface area (Å²) in [7, 11) is 1.37. The third kappa shape index (κ3) is 2.28. The molecule has 86 valence electrons.